The Hall–Kier alpha value is -0.860. The molecule has 2 heteroatoms. The smallest absolute Gasteiger partial charge is 0.161 e. The molecule has 0 N–H and O–H groups in total. The first kappa shape index (κ1) is 19.1. The van der Waals surface area contributed by atoms with E-state index in [0.29, 0.717) is 13.2 Å². The van der Waals surface area contributed by atoms with E-state index < -0.39 is 0 Å². The quantitative estimate of drug-likeness (QED) is 0.286. The topological polar surface area (TPSA) is 18.5 Å². The number of rotatable bonds is 11. The average molecular weight is 280 g/mol. The van der Waals surface area contributed by atoms with Crippen molar-refractivity contribution in [2.75, 3.05) is 13.2 Å². The van der Waals surface area contributed by atoms with Crippen LogP contribution in [0.15, 0.2) is 35.5 Å². The third kappa shape index (κ3) is 13.6. The fraction of sp³-hybridized carbons (Fsp3) is 0.667. The van der Waals surface area contributed by atoms with Crippen LogP contribution in [-0.4, -0.2) is 19.5 Å². The molecule has 0 rings (SSSR count). The van der Waals surface area contributed by atoms with Gasteiger partial charge in [0, 0.05) is 6.42 Å². The lowest BCUT2D eigenvalue weighted by Crippen LogP contribution is -2.17. The van der Waals surface area contributed by atoms with E-state index in [9.17, 15) is 0 Å². The average Bonchev–Trinajstić information content (AvgIpc) is 2.37. The molecule has 0 radical (unpaired) electrons. The first-order chi connectivity index (χ1) is 9.56. The summed E-state index contributed by atoms with van der Waals surface area (Å²) in [5.41, 5.74) is 2.54. The van der Waals surface area contributed by atoms with Gasteiger partial charge in [-0.3, -0.25) is 0 Å². The van der Waals surface area contributed by atoms with Crippen LogP contribution in [-0.2, 0) is 9.47 Å². The second kappa shape index (κ2) is 13.1. The molecule has 2 nitrogen and oxygen atoms in total. The fourth-order valence-corrected chi connectivity index (χ4v) is 1.48. The molecule has 0 saturated heterocycles. The van der Waals surface area contributed by atoms with Gasteiger partial charge in [-0.1, -0.05) is 55.2 Å². The molecule has 0 aliphatic rings. The number of hydrogen-bond acceptors (Lipinski definition) is 2. The summed E-state index contributed by atoms with van der Waals surface area (Å²) in [7, 11) is 0. The Bertz CT molecular complexity index is 283. The van der Waals surface area contributed by atoms with Crippen molar-refractivity contribution in [2.45, 2.75) is 66.6 Å². The molecule has 0 aromatic rings. The highest BCUT2D eigenvalue weighted by Gasteiger charge is 2.05. The number of allylic oxidation sites excluding steroid dienone is 3. The van der Waals surface area contributed by atoms with Gasteiger partial charge in [-0.2, -0.15) is 0 Å². The zero-order valence-electron chi connectivity index (χ0n) is 13.9. The molecule has 0 atom stereocenters. The van der Waals surface area contributed by atoms with Crippen LogP contribution in [0.3, 0.4) is 0 Å². The lowest BCUT2D eigenvalue weighted by Gasteiger charge is -2.15. The molecule has 0 aromatic carbocycles. The van der Waals surface area contributed by atoms with Crippen LogP contribution in [0.4, 0.5) is 0 Å². The molecule has 0 aliphatic heterocycles. The highest BCUT2D eigenvalue weighted by Crippen LogP contribution is 2.06. The number of unbranched alkanes of at least 4 members (excludes halogenated alkanes) is 2. The summed E-state index contributed by atoms with van der Waals surface area (Å²) in [6.45, 7) is 11.7. The Kier molecular flexibility index (Phi) is 12.6. The van der Waals surface area contributed by atoms with E-state index in [-0.39, 0.29) is 6.29 Å². The third-order valence-electron chi connectivity index (χ3n) is 2.77. The maximum atomic E-state index is 5.76. The van der Waals surface area contributed by atoms with Crippen molar-refractivity contribution in [3.63, 3.8) is 0 Å². The Morgan fingerprint density at radius 1 is 0.900 bits per heavy atom. The Morgan fingerprint density at radius 3 is 1.90 bits per heavy atom. The Morgan fingerprint density at radius 2 is 1.45 bits per heavy atom. The molecule has 0 aromatic heterocycles. The predicted molar refractivity (Wildman–Crippen MR) is 87.8 cm³/mol. The van der Waals surface area contributed by atoms with Crippen molar-refractivity contribution in [3.8, 4) is 0 Å². The van der Waals surface area contributed by atoms with Gasteiger partial charge < -0.3 is 9.47 Å². The van der Waals surface area contributed by atoms with Crippen LogP contribution in [0.1, 0.15) is 60.3 Å². The van der Waals surface area contributed by atoms with Crippen LogP contribution in [0.2, 0.25) is 0 Å². The second-order valence-corrected chi connectivity index (χ2v) is 5.51. The second-order valence-electron chi connectivity index (χ2n) is 5.51. The first-order valence-electron chi connectivity index (χ1n) is 7.71. The van der Waals surface area contributed by atoms with Crippen LogP contribution in [0.25, 0.3) is 0 Å². The van der Waals surface area contributed by atoms with E-state index in [1.165, 1.54) is 24.0 Å². The van der Waals surface area contributed by atoms with Crippen molar-refractivity contribution in [2.24, 2.45) is 0 Å². The van der Waals surface area contributed by atoms with Crippen LogP contribution in [0.5, 0.6) is 0 Å². The zero-order valence-corrected chi connectivity index (χ0v) is 13.9. The monoisotopic (exact) mass is 280 g/mol. The summed E-state index contributed by atoms with van der Waals surface area (Å²) < 4.78 is 11.5. The maximum absolute atomic E-state index is 5.76. The van der Waals surface area contributed by atoms with Gasteiger partial charge in [0.2, 0.25) is 0 Å². The summed E-state index contributed by atoms with van der Waals surface area (Å²) in [5.74, 6) is 0. The van der Waals surface area contributed by atoms with E-state index in [0.717, 1.165) is 12.8 Å². The van der Waals surface area contributed by atoms with Crippen LogP contribution >= 0.6 is 0 Å². The SMILES string of the molecule is CCCC/C=C/CC(OCC=C(C)C)OCC=C(C)C. The molecule has 116 valence electrons. The van der Waals surface area contributed by atoms with Crippen molar-refractivity contribution in [1.82, 2.24) is 0 Å². The molecule has 0 saturated carbocycles. The maximum Gasteiger partial charge on any atom is 0.161 e. The first-order valence-corrected chi connectivity index (χ1v) is 7.71. The molecule has 0 aliphatic carbocycles. The summed E-state index contributed by atoms with van der Waals surface area (Å²) >= 11 is 0. The summed E-state index contributed by atoms with van der Waals surface area (Å²) in [5, 5.41) is 0. The normalized spacial score (nSPS) is 11.1. The minimum Gasteiger partial charge on any atom is -0.348 e. The lowest BCUT2D eigenvalue weighted by atomic mass is 10.2. The Balaban J connectivity index is 4.13. The van der Waals surface area contributed by atoms with Gasteiger partial charge in [-0.15, -0.1) is 0 Å². The molecule has 0 unspecified atom stereocenters. The summed E-state index contributed by atoms with van der Waals surface area (Å²) in [6, 6.07) is 0. The van der Waals surface area contributed by atoms with Gasteiger partial charge in [-0.05, 0) is 34.1 Å². The number of ether oxygens (including phenoxy) is 2. The van der Waals surface area contributed by atoms with Crippen LogP contribution < -0.4 is 0 Å². The van der Waals surface area contributed by atoms with E-state index in [1.54, 1.807) is 0 Å². The van der Waals surface area contributed by atoms with Gasteiger partial charge in [0.05, 0.1) is 13.2 Å². The third-order valence-corrected chi connectivity index (χ3v) is 2.77. The van der Waals surface area contributed by atoms with E-state index in [2.05, 4.69) is 58.9 Å². The van der Waals surface area contributed by atoms with Gasteiger partial charge in [-0.25, -0.2) is 0 Å². The Labute approximate surface area is 125 Å². The van der Waals surface area contributed by atoms with E-state index in [1.807, 2.05) is 0 Å². The molecular formula is C18H32O2. The van der Waals surface area contributed by atoms with Crippen molar-refractivity contribution in [1.29, 1.82) is 0 Å². The molecular weight excluding hydrogens is 248 g/mol. The minimum absolute atomic E-state index is 0.154. The van der Waals surface area contributed by atoms with Gasteiger partial charge in [0.25, 0.3) is 0 Å². The standard InChI is InChI=1S/C18H32O2/c1-6-7-8-9-10-11-18(19-14-12-16(2)3)20-15-13-17(4)5/h9-10,12-13,18H,6-8,11,14-15H2,1-5H3/b10-9+. The van der Waals surface area contributed by atoms with Gasteiger partial charge in [0.15, 0.2) is 6.29 Å². The number of hydrogen-bond donors (Lipinski definition) is 0. The highest BCUT2D eigenvalue weighted by atomic mass is 16.7. The van der Waals surface area contributed by atoms with Crippen molar-refractivity contribution >= 4 is 0 Å². The van der Waals surface area contributed by atoms with Gasteiger partial charge in [0.1, 0.15) is 0 Å². The molecule has 0 heterocycles. The lowest BCUT2D eigenvalue weighted by molar-refractivity contribution is -0.124. The molecule has 0 fully saturated rings. The molecule has 0 bridgehead atoms. The summed E-state index contributed by atoms with van der Waals surface area (Å²) in [4.78, 5) is 0. The van der Waals surface area contributed by atoms with Gasteiger partial charge >= 0.3 is 0 Å². The largest absolute Gasteiger partial charge is 0.348 e. The predicted octanol–water partition coefficient (Wildman–Crippen LogP) is 5.41. The minimum atomic E-state index is -0.154. The van der Waals surface area contributed by atoms with Crippen LogP contribution in [0, 0.1) is 0 Å². The van der Waals surface area contributed by atoms with Crippen molar-refractivity contribution in [3.05, 3.63) is 35.5 Å². The molecule has 20 heavy (non-hydrogen) atoms. The van der Waals surface area contributed by atoms with E-state index in [4.69, 9.17) is 9.47 Å². The summed E-state index contributed by atoms with van der Waals surface area (Å²) in [6.07, 6.45) is 12.9. The van der Waals surface area contributed by atoms with E-state index >= 15 is 0 Å². The molecule has 0 spiro atoms. The molecule has 0 amide bonds. The highest BCUT2D eigenvalue weighted by molar-refractivity contribution is 4.94. The van der Waals surface area contributed by atoms with Crippen molar-refractivity contribution < 1.29 is 9.47 Å². The zero-order chi connectivity index (χ0) is 15.2. The fourth-order valence-electron chi connectivity index (χ4n) is 1.48.